The molecular weight excluding hydrogens is 326 g/mol. The molecule has 0 saturated heterocycles. The second-order valence-electron chi connectivity index (χ2n) is 5.78. The molecule has 0 fully saturated rings. The first-order chi connectivity index (χ1) is 11.8. The highest BCUT2D eigenvalue weighted by Crippen LogP contribution is 2.35. The molecule has 0 saturated carbocycles. The first-order valence-corrected chi connectivity index (χ1v) is 7.79. The summed E-state index contributed by atoms with van der Waals surface area (Å²) < 4.78 is 9.72. The van der Waals surface area contributed by atoms with E-state index >= 15 is 0 Å². The second kappa shape index (κ2) is 9.90. The maximum atomic E-state index is 12.5. The van der Waals surface area contributed by atoms with E-state index in [9.17, 15) is 19.2 Å². The third-order valence-electron chi connectivity index (χ3n) is 3.95. The summed E-state index contributed by atoms with van der Waals surface area (Å²) in [6.07, 6.45) is 2.97. The van der Waals surface area contributed by atoms with Gasteiger partial charge in [0.1, 0.15) is 24.8 Å². The largest absolute Gasteiger partial charge is 0.377 e. The average Bonchev–Trinajstić information content (AvgIpc) is 2.54. The van der Waals surface area contributed by atoms with Crippen molar-refractivity contribution in [1.82, 2.24) is 4.98 Å². The molecule has 0 N–H and O–H groups in total. The van der Waals surface area contributed by atoms with Gasteiger partial charge < -0.3 is 9.47 Å². The van der Waals surface area contributed by atoms with Crippen LogP contribution in [0.3, 0.4) is 0 Å². The number of carbonyl (C=O) groups excluding carboxylic acids is 4. The molecule has 1 heterocycles. The van der Waals surface area contributed by atoms with Crippen LogP contribution in [0.1, 0.15) is 25.3 Å². The molecule has 0 bridgehead atoms. The number of ether oxygens (including phenoxy) is 2. The Morgan fingerprint density at radius 1 is 0.880 bits per heavy atom. The summed E-state index contributed by atoms with van der Waals surface area (Å²) >= 11 is 0. The van der Waals surface area contributed by atoms with Gasteiger partial charge in [-0.15, -0.1) is 0 Å². The van der Waals surface area contributed by atoms with Gasteiger partial charge in [-0.05, 0) is 31.5 Å². The fraction of sp³-hybridized carbons (Fsp3) is 0.500. The molecule has 25 heavy (non-hydrogen) atoms. The Bertz CT molecular complexity index is 592. The molecule has 0 aliphatic carbocycles. The molecule has 2 unspecified atom stereocenters. The first-order valence-electron chi connectivity index (χ1n) is 7.79. The van der Waals surface area contributed by atoms with Crippen molar-refractivity contribution in [1.29, 1.82) is 0 Å². The van der Waals surface area contributed by atoms with Gasteiger partial charge >= 0.3 is 0 Å². The third-order valence-corrected chi connectivity index (χ3v) is 3.95. The topological polar surface area (TPSA) is 99.6 Å². The highest BCUT2D eigenvalue weighted by atomic mass is 16.5. The Morgan fingerprint density at radius 3 is 1.60 bits per heavy atom. The first kappa shape index (κ1) is 20.8. The number of carbonyl (C=O) groups is 4. The molecule has 0 aliphatic rings. The van der Waals surface area contributed by atoms with Crippen LogP contribution < -0.4 is 0 Å². The normalized spacial score (nSPS) is 14.4. The highest BCUT2D eigenvalue weighted by Gasteiger charge is 2.43. The van der Waals surface area contributed by atoms with Crippen LogP contribution >= 0.6 is 0 Å². The van der Waals surface area contributed by atoms with Gasteiger partial charge in [0.25, 0.3) is 0 Å². The minimum absolute atomic E-state index is 0.283. The summed E-state index contributed by atoms with van der Waals surface area (Å²) in [5, 5.41) is 0. The van der Waals surface area contributed by atoms with Crippen molar-refractivity contribution in [2.24, 2.45) is 11.8 Å². The van der Waals surface area contributed by atoms with Crippen LogP contribution in [0.25, 0.3) is 0 Å². The van der Waals surface area contributed by atoms with Crippen LogP contribution in [0.5, 0.6) is 0 Å². The van der Waals surface area contributed by atoms with Crippen LogP contribution in [-0.4, -0.2) is 55.6 Å². The van der Waals surface area contributed by atoms with Crippen molar-refractivity contribution in [3.05, 3.63) is 30.1 Å². The van der Waals surface area contributed by atoms with Crippen molar-refractivity contribution in [3.8, 4) is 0 Å². The number of hydrogen-bond donors (Lipinski definition) is 0. The minimum Gasteiger partial charge on any atom is -0.377 e. The zero-order valence-electron chi connectivity index (χ0n) is 14.9. The average molecular weight is 349 g/mol. The van der Waals surface area contributed by atoms with E-state index in [1.54, 1.807) is 12.1 Å². The van der Waals surface area contributed by atoms with E-state index in [0.29, 0.717) is 5.56 Å². The molecule has 0 spiro atoms. The van der Waals surface area contributed by atoms with Crippen LogP contribution in [0, 0.1) is 11.8 Å². The number of pyridine rings is 1. The fourth-order valence-corrected chi connectivity index (χ4v) is 2.99. The summed E-state index contributed by atoms with van der Waals surface area (Å²) in [6, 6.07) is 3.19. The highest BCUT2D eigenvalue weighted by molar-refractivity contribution is 6.08. The van der Waals surface area contributed by atoms with Gasteiger partial charge in [-0.25, -0.2) is 0 Å². The summed E-state index contributed by atoms with van der Waals surface area (Å²) in [7, 11) is 2.68. The smallest absolute Gasteiger partial charge is 0.169 e. The summed E-state index contributed by atoms with van der Waals surface area (Å²) in [5.41, 5.74) is 0.518. The maximum absolute atomic E-state index is 12.5. The lowest BCUT2D eigenvalue weighted by molar-refractivity contribution is -0.139. The zero-order chi connectivity index (χ0) is 19.0. The molecule has 136 valence electrons. The van der Waals surface area contributed by atoms with Crippen LogP contribution in [-0.2, 0) is 28.7 Å². The van der Waals surface area contributed by atoms with E-state index in [-0.39, 0.29) is 13.2 Å². The van der Waals surface area contributed by atoms with Crippen molar-refractivity contribution in [3.63, 3.8) is 0 Å². The Kier molecular flexibility index (Phi) is 8.24. The van der Waals surface area contributed by atoms with Crippen molar-refractivity contribution < 1.29 is 28.7 Å². The van der Waals surface area contributed by atoms with E-state index in [4.69, 9.17) is 9.47 Å². The number of ketones is 4. The molecule has 0 aliphatic heterocycles. The SMILES string of the molecule is COCC(=O)C(C(C)=O)C(c1ccncc1)C(C(C)=O)C(=O)COC. The lowest BCUT2D eigenvalue weighted by Crippen LogP contribution is -2.41. The van der Waals surface area contributed by atoms with E-state index in [2.05, 4.69) is 4.98 Å². The van der Waals surface area contributed by atoms with Crippen LogP contribution in [0.4, 0.5) is 0 Å². The second-order valence-corrected chi connectivity index (χ2v) is 5.78. The molecular formula is C18H23NO6. The number of Topliss-reactive ketones (excluding diaryl/α,β-unsaturated/α-hetero) is 4. The Balaban J connectivity index is 3.50. The van der Waals surface area contributed by atoms with Gasteiger partial charge in [-0.3, -0.25) is 24.2 Å². The van der Waals surface area contributed by atoms with Crippen molar-refractivity contribution in [2.75, 3.05) is 27.4 Å². The van der Waals surface area contributed by atoms with E-state index in [0.717, 1.165) is 0 Å². The predicted molar refractivity (Wildman–Crippen MR) is 89.1 cm³/mol. The Labute approximate surface area is 146 Å². The Hall–Kier alpha value is -2.25. The van der Waals surface area contributed by atoms with E-state index in [1.807, 2.05) is 0 Å². The number of nitrogens with zero attached hydrogens (tertiary/aromatic N) is 1. The van der Waals surface area contributed by atoms with Gasteiger partial charge in [0, 0.05) is 32.5 Å². The summed E-state index contributed by atoms with van der Waals surface area (Å²) in [5.74, 6) is -5.08. The van der Waals surface area contributed by atoms with Crippen molar-refractivity contribution >= 4 is 23.1 Å². The summed E-state index contributed by atoms with van der Waals surface area (Å²) in [6.45, 7) is 1.97. The molecule has 0 aromatic carbocycles. The molecule has 7 heteroatoms. The molecule has 0 amide bonds. The molecule has 7 nitrogen and oxygen atoms in total. The number of aromatic nitrogens is 1. The Morgan fingerprint density at radius 2 is 1.28 bits per heavy atom. The van der Waals surface area contributed by atoms with Crippen molar-refractivity contribution in [2.45, 2.75) is 19.8 Å². The predicted octanol–water partition coefficient (Wildman–Crippen LogP) is 1.01. The number of rotatable bonds is 11. The monoisotopic (exact) mass is 349 g/mol. The molecule has 0 radical (unpaired) electrons. The molecule has 1 rings (SSSR count). The third kappa shape index (κ3) is 5.37. The minimum atomic E-state index is -1.17. The van der Waals surface area contributed by atoms with Gasteiger partial charge in [0.2, 0.25) is 0 Å². The van der Waals surface area contributed by atoms with Crippen LogP contribution in [0.15, 0.2) is 24.5 Å². The van der Waals surface area contributed by atoms with E-state index in [1.165, 1.54) is 40.5 Å². The number of methoxy groups -OCH3 is 2. The van der Waals surface area contributed by atoms with Gasteiger partial charge in [-0.2, -0.15) is 0 Å². The van der Waals surface area contributed by atoms with Gasteiger partial charge in [0.15, 0.2) is 11.6 Å². The maximum Gasteiger partial charge on any atom is 0.169 e. The fourth-order valence-electron chi connectivity index (χ4n) is 2.99. The summed E-state index contributed by atoms with van der Waals surface area (Å²) in [4.78, 5) is 53.4. The van der Waals surface area contributed by atoms with Crippen LogP contribution in [0.2, 0.25) is 0 Å². The lowest BCUT2D eigenvalue weighted by Gasteiger charge is -2.30. The zero-order valence-corrected chi connectivity index (χ0v) is 14.9. The quantitative estimate of drug-likeness (QED) is 0.550. The van der Waals surface area contributed by atoms with Gasteiger partial charge in [-0.1, -0.05) is 0 Å². The van der Waals surface area contributed by atoms with E-state index < -0.39 is 40.9 Å². The van der Waals surface area contributed by atoms with Gasteiger partial charge in [0.05, 0.1) is 11.8 Å². The molecule has 1 aromatic heterocycles. The number of hydrogen-bond acceptors (Lipinski definition) is 7. The lowest BCUT2D eigenvalue weighted by atomic mass is 9.71. The molecule has 1 aromatic rings. The standard InChI is InChI=1S/C18H23NO6/c1-11(20)16(14(22)9-24-3)18(13-5-7-19-8-6-13)17(12(2)21)15(23)10-25-4/h5-8,16-18H,9-10H2,1-4H3. The molecule has 2 atom stereocenters.